The third-order valence-electron chi connectivity index (χ3n) is 2.92. The molecule has 0 aliphatic rings. The average Bonchev–Trinajstić information content (AvgIpc) is 2.45. The quantitative estimate of drug-likeness (QED) is 0.211. The van der Waals surface area contributed by atoms with Gasteiger partial charge >= 0.3 is 6.18 Å². The van der Waals surface area contributed by atoms with Crippen LogP contribution >= 0.6 is 0 Å². The molecule has 1 aromatic rings. The molecule has 1 unspecified atom stereocenters. The molecule has 1 heterocycles. The Hall–Kier alpha value is -1.84. The number of nitrogens with zero attached hydrogens (tertiary/aromatic N) is 2. The first-order valence-electron chi connectivity index (χ1n) is 6.58. The fourth-order valence-corrected chi connectivity index (χ4v) is 2.75. The number of hydrogen-bond acceptors (Lipinski definition) is 3. The summed E-state index contributed by atoms with van der Waals surface area (Å²) in [7, 11) is -2.85. The second kappa shape index (κ2) is 7.62. The van der Waals surface area contributed by atoms with Gasteiger partial charge < -0.3 is 5.73 Å². The molecular formula is C13H18F4N4OS. The molecule has 3 N–H and O–H groups in total. The van der Waals surface area contributed by atoms with E-state index >= 15 is 0 Å². The lowest BCUT2D eigenvalue weighted by Crippen LogP contribution is -2.39. The van der Waals surface area contributed by atoms with E-state index in [0.717, 1.165) is 12.3 Å². The highest BCUT2D eigenvalue weighted by atomic mass is 32.2. The molecule has 0 saturated carbocycles. The Labute approximate surface area is 132 Å². The molecule has 0 spiro atoms. The number of aliphatic imine (C=N–C) groups is 1. The second-order valence-electron chi connectivity index (χ2n) is 4.74. The van der Waals surface area contributed by atoms with Crippen LogP contribution in [-0.4, -0.2) is 39.5 Å². The number of hydrogen-bond donors (Lipinski definition) is 2. The van der Waals surface area contributed by atoms with E-state index in [4.69, 9.17) is 5.73 Å². The van der Waals surface area contributed by atoms with Gasteiger partial charge in [0.25, 0.3) is 0 Å². The Morgan fingerprint density at radius 3 is 2.57 bits per heavy atom. The Balaban J connectivity index is 3.03. The lowest BCUT2D eigenvalue weighted by atomic mass is 10.2. The summed E-state index contributed by atoms with van der Waals surface area (Å²) in [5.41, 5.74) is 4.81. The predicted molar refractivity (Wildman–Crippen MR) is 83.3 cm³/mol. The number of pyridine rings is 1. The van der Waals surface area contributed by atoms with Crippen LogP contribution in [0, 0.1) is 0 Å². The molecule has 0 aliphatic carbocycles. The van der Waals surface area contributed by atoms with Crippen LogP contribution in [0.1, 0.15) is 24.6 Å². The number of aromatic nitrogens is 1. The third kappa shape index (κ3) is 5.70. The lowest BCUT2D eigenvalue weighted by molar-refractivity contribution is -0.141. The molecule has 0 aromatic carbocycles. The van der Waals surface area contributed by atoms with Gasteiger partial charge in [-0.3, -0.25) is 19.1 Å². The van der Waals surface area contributed by atoms with Crippen molar-refractivity contribution < 1.29 is 21.8 Å². The summed E-state index contributed by atoms with van der Waals surface area (Å²) in [6.45, 7) is 1.10. The standard InChI is InChI=1S/C13H18F4N4OS/c1-9(10-4-5-11(20-8-10)13(15,16)17)23(2,22)21-12(18)19-7-3-6-14/h4-5,8H,3,6-7H2,1-2H3,(H3,18,19,21,22). The lowest BCUT2D eigenvalue weighted by Gasteiger charge is -2.14. The zero-order valence-corrected chi connectivity index (χ0v) is 13.5. The van der Waals surface area contributed by atoms with Crippen molar-refractivity contribution >= 4 is 20.5 Å². The molecule has 130 valence electrons. The van der Waals surface area contributed by atoms with Crippen molar-refractivity contribution in [3.63, 3.8) is 0 Å². The van der Waals surface area contributed by atoms with E-state index in [1.54, 1.807) is 0 Å². The van der Waals surface area contributed by atoms with Crippen LogP contribution < -0.4 is 10.5 Å². The Kier molecular flexibility index (Phi) is 6.37. The van der Waals surface area contributed by atoms with Gasteiger partial charge in [0.1, 0.15) is 5.69 Å². The van der Waals surface area contributed by atoms with E-state index in [1.165, 1.54) is 19.2 Å². The SMILES string of the molecule is CC(c1ccc(C(F)(F)F)nc1)=S(C)(=O)NC(N)=NCCCF. The van der Waals surface area contributed by atoms with Gasteiger partial charge in [0, 0.05) is 29.4 Å². The van der Waals surface area contributed by atoms with Crippen LogP contribution in [0.15, 0.2) is 23.3 Å². The van der Waals surface area contributed by atoms with Crippen LogP contribution in [0.2, 0.25) is 0 Å². The van der Waals surface area contributed by atoms with Crippen molar-refractivity contribution in [3.05, 3.63) is 29.6 Å². The molecule has 10 heteroatoms. The summed E-state index contributed by atoms with van der Waals surface area (Å²) >= 11 is 0. The van der Waals surface area contributed by atoms with E-state index in [9.17, 15) is 21.8 Å². The Morgan fingerprint density at radius 1 is 1.43 bits per heavy atom. The molecule has 5 nitrogen and oxygen atoms in total. The summed E-state index contributed by atoms with van der Waals surface area (Å²) < 4.78 is 64.5. The normalized spacial score (nSPS) is 15.1. The summed E-state index contributed by atoms with van der Waals surface area (Å²) in [6.07, 6.45) is -2.00. The van der Waals surface area contributed by atoms with Crippen molar-refractivity contribution in [2.75, 3.05) is 19.5 Å². The first kappa shape index (κ1) is 19.2. The summed E-state index contributed by atoms with van der Waals surface area (Å²) in [5.74, 6) is -0.120. The van der Waals surface area contributed by atoms with Gasteiger partial charge in [-0.05, 0) is 19.4 Å². The smallest absolute Gasteiger partial charge is 0.369 e. The molecule has 1 aromatic heterocycles. The molecule has 0 radical (unpaired) electrons. The summed E-state index contributed by atoms with van der Waals surface area (Å²) in [5, 5.41) is 0. The molecule has 23 heavy (non-hydrogen) atoms. The van der Waals surface area contributed by atoms with Gasteiger partial charge in [0.2, 0.25) is 0 Å². The highest BCUT2D eigenvalue weighted by Gasteiger charge is 2.32. The summed E-state index contributed by atoms with van der Waals surface area (Å²) in [6, 6.07) is 2.00. The van der Waals surface area contributed by atoms with Gasteiger partial charge in [-0.2, -0.15) is 13.2 Å². The minimum Gasteiger partial charge on any atom is -0.369 e. The van der Waals surface area contributed by atoms with Gasteiger partial charge in [-0.1, -0.05) is 6.07 Å². The van der Waals surface area contributed by atoms with Crippen molar-refractivity contribution in [1.29, 1.82) is 0 Å². The monoisotopic (exact) mass is 354 g/mol. The highest BCUT2D eigenvalue weighted by Crippen LogP contribution is 2.27. The molecule has 1 rings (SSSR count). The van der Waals surface area contributed by atoms with E-state index in [1.807, 2.05) is 0 Å². The molecule has 0 aliphatic heterocycles. The number of nitrogens with one attached hydrogen (secondary N) is 1. The first-order chi connectivity index (χ1) is 10.6. The highest BCUT2D eigenvalue weighted by molar-refractivity contribution is 8.00. The van der Waals surface area contributed by atoms with E-state index < -0.39 is 28.3 Å². The van der Waals surface area contributed by atoms with Crippen LogP contribution in [0.3, 0.4) is 0 Å². The topological polar surface area (TPSA) is 80.4 Å². The predicted octanol–water partition coefficient (Wildman–Crippen LogP) is 1.73. The maximum atomic E-state index is 12.6. The molecule has 1 atom stereocenters. The molecule has 0 amide bonds. The number of guanidine groups is 1. The Morgan fingerprint density at radius 2 is 2.09 bits per heavy atom. The molecule has 0 fully saturated rings. The number of alkyl halides is 4. The van der Waals surface area contributed by atoms with Gasteiger partial charge in [0.15, 0.2) is 5.96 Å². The Bertz CT molecular complexity index is 676. The number of halogens is 4. The zero-order chi connectivity index (χ0) is 17.7. The fourth-order valence-electron chi connectivity index (χ4n) is 1.56. The minimum absolute atomic E-state index is 0.120. The number of nitrogens with two attached hydrogens (primary N) is 1. The van der Waals surface area contributed by atoms with E-state index in [-0.39, 0.29) is 29.4 Å². The third-order valence-corrected chi connectivity index (χ3v) is 4.92. The fraction of sp³-hybridized carbons (Fsp3) is 0.462. The first-order valence-corrected chi connectivity index (χ1v) is 8.54. The van der Waals surface area contributed by atoms with Crippen LogP contribution in [0.25, 0.3) is 0 Å². The molecule has 0 bridgehead atoms. The average molecular weight is 354 g/mol. The van der Waals surface area contributed by atoms with Crippen LogP contribution in [0.4, 0.5) is 17.6 Å². The van der Waals surface area contributed by atoms with E-state index in [2.05, 4.69) is 14.7 Å². The largest absolute Gasteiger partial charge is 0.433 e. The summed E-state index contributed by atoms with van der Waals surface area (Å²) in [4.78, 5) is 7.41. The van der Waals surface area contributed by atoms with Crippen LogP contribution in [-0.2, 0) is 15.9 Å². The molecular weight excluding hydrogens is 336 g/mol. The number of rotatable bonds is 5. The second-order valence-corrected chi connectivity index (χ2v) is 7.25. The van der Waals surface area contributed by atoms with Gasteiger partial charge in [-0.25, -0.2) is 4.21 Å². The van der Waals surface area contributed by atoms with Crippen molar-refractivity contribution in [2.45, 2.75) is 19.5 Å². The maximum Gasteiger partial charge on any atom is 0.433 e. The maximum absolute atomic E-state index is 12.6. The van der Waals surface area contributed by atoms with Gasteiger partial charge in [0.05, 0.1) is 16.4 Å². The van der Waals surface area contributed by atoms with Crippen molar-refractivity contribution in [3.8, 4) is 0 Å². The van der Waals surface area contributed by atoms with Gasteiger partial charge in [-0.15, -0.1) is 0 Å². The zero-order valence-electron chi connectivity index (χ0n) is 12.7. The minimum atomic E-state index is -4.54. The van der Waals surface area contributed by atoms with E-state index in [0.29, 0.717) is 0 Å². The van der Waals surface area contributed by atoms with Crippen molar-refractivity contribution in [2.24, 2.45) is 10.7 Å². The molecule has 0 saturated heterocycles. The van der Waals surface area contributed by atoms with Crippen molar-refractivity contribution in [1.82, 2.24) is 9.71 Å². The van der Waals surface area contributed by atoms with Crippen LogP contribution in [0.5, 0.6) is 0 Å².